The lowest BCUT2D eigenvalue weighted by atomic mass is 10.1. The zero-order chi connectivity index (χ0) is 22.0. The van der Waals surface area contributed by atoms with Gasteiger partial charge in [-0.05, 0) is 49.1 Å². The first-order valence-electron chi connectivity index (χ1n) is 9.89. The highest BCUT2D eigenvalue weighted by Crippen LogP contribution is 2.34. The van der Waals surface area contributed by atoms with E-state index in [-0.39, 0.29) is 6.61 Å². The Balaban J connectivity index is 1.69. The van der Waals surface area contributed by atoms with Crippen molar-refractivity contribution in [2.45, 2.75) is 32.6 Å². The number of benzene rings is 2. The van der Waals surface area contributed by atoms with Crippen LogP contribution < -0.4 is 0 Å². The molecular weight excluding hydrogens is 432 g/mol. The van der Waals surface area contributed by atoms with Crippen LogP contribution in [0.3, 0.4) is 0 Å². The predicted octanol–water partition coefficient (Wildman–Crippen LogP) is 5.93. The second kappa shape index (κ2) is 8.83. The van der Waals surface area contributed by atoms with E-state index in [1.807, 2.05) is 47.1 Å². The number of ether oxygens (including phenoxy) is 2. The van der Waals surface area contributed by atoms with Crippen molar-refractivity contribution in [3.05, 3.63) is 76.9 Å². The summed E-state index contributed by atoms with van der Waals surface area (Å²) in [6.07, 6.45) is 0. The molecule has 0 N–H and O–H groups in total. The van der Waals surface area contributed by atoms with Gasteiger partial charge in [0.25, 0.3) is 0 Å². The van der Waals surface area contributed by atoms with Crippen LogP contribution in [0.25, 0.3) is 20.7 Å². The topological polar surface area (TPSA) is 53.4 Å². The molecule has 0 saturated heterocycles. The smallest absolute Gasteiger partial charge is 0.337 e. The second-order valence-electron chi connectivity index (χ2n) is 7.71. The van der Waals surface area contributed by atoms with Crippen molar-refractivity contribution in [3.63, 3.8) is 0 Å². The first kappa shape index (κ1) is 21.6. The molecule has 4 rings (SSSR count). The van der Waals surface area contributed by atoms with Crippen molar-refractivity contribution in [3.8, 4) is 10.6 Å². The van der Waals surface area contributed by atoms with E-state index in [4.69, 9.17) is 26.2 Å². The summed E-state index contributed by atoms with van der Waals surface area (Å²) in [6.45, 7) is 4.10. The molecule has 0 fully saturated rings. The number of halogens is 1. The fourth-order valence-corrected chi connectivity index (χ4v) is 4.59. The Hall–Kier alpha value is -2.67. The minimum absolute atomic E-state index is 0.190. The monoisotopic (exact) mass is 454 g/mol. The largest absolute Gasteiger partial charge is 0.467 e. The molecule has 160 valence electrons. The van der Waals surface area contributed by atoms with Gasteiger partial charge in [-0.25, -0.2) is 4.79 Å². The van der Waals surface area contributed by atoms with Gasteiger partial charge in [0.05, 0.1) is 36.5 Å². The molecule has 0 spiro atoms. The molecule has 0 radical (unpaired) electrons. The SMILES string of the molecule is COC(=O)C(C)(C)OCc1cc(-c2cc3ccccc3s2)n(Cc2ccccc2Cl)n1. The number of fused-ring (bicyclic) bond motifs is 1. The Bertz CT molecular complexity index is 1200. The van der Waals surface area contributed by atoms with Gasteiger partial charge in [-0.2, -0.15) is 5.10 Å². The van der Waals surface area contributed by atoms with Crippen LogP contribution in [0.5, 0.6) is 0 Å². The maximum Gasteiger partial charge on any atom is 0.337 e. The number of methoxy groups -OCH3 is 1. The van der Waals surface area contributed by atoms with Crippen LogP contribution in [0, 0.1) is 0 Å². The Morgan fingerprint density at radius 1 is 1.13 bits per heavy atom. The van der Waals surface area contributed by atoms with Gasteiger partial charge in [0, 0.05) is 9.72 Å². The van der Waals surface area contributed by atoms with Gasteiger partial charge in [-0.1, -0.05) is 48.0 Å². The number of rotatable bonds is 7. The molecular formula is C24H23ClN2O3S. The molecule has 0 bridgehead atoms. The first-order valence-corrected chi connectivity index (χ1v) is 11.1. The average Bonchev–Trinajstić information content (AvgIpc) is 3.37. The number of aromatic nitrogens is 2. The highest BCUT2D eigenvalue weighted by atomic mass is 35.5. The molecule has 0 aliphatic rings. The third kappa shape index (κ3) is 4.66. The Labute approximate surface area is 190 Å². The first-order chi connectivity index (χ1) is 14.9. The minimum Gasteiger partial charge on any atom is -0.467 e. The number of carbonyl (C=O) groups is 1. The maximum absolute atomic E-state index is 11.9. The van der Waals surface area contributed by atoms with Crippen LogP contribution in [-0.4, -0.2) is 28.5 Å². The van der Waals surface area contributed by atoms with E-state index in [2.05, 4.69) is 18.2 Å². The van der Waals surface area contributed by atoms with Crippen LogP contribution in [0.4, 0.5) is 0 Å². The molecule has 0 atom stereocenters. The van der Waals surface area contributed by atoms with Gasteiger partial charge in [0.15, 0.2) is 5.60 Å². The number of thiophene rings is 1. The number of nitrogens with zero attached hydrogens (tertiary/aromatic N) is 2. The number of esters is 1. The predicted molar refractivity (Wildman–Crippen MR) is 124 cm³/mol. The maximum atomic E-state index is 11.9. The summed E-state index contributed by atoms with van der Waals surface area (Å²) in [5.74, 6) is -0.423. The molecule has 0 unspecified atom stereocenters. The van der Waals surface area contributed by atoms with Gasteiger partial charge >= 0.3 is 5.97 Å². The van der Waals surface area contributed by atoms with Crippen molar-refractivity contribution in [2.24, 2.45) is 0 Å². The fourth-order valence-electron chi connectivity index (χ4n) is 3.31. The van der Waals surface area contributed by atoms with Gasteiger partial charge < -0.3 is 9.47 Å². The molecule has 0 amide bonds. The van der Waals surface area contributed by atoms with Crippen LogP contribution in [0.1, 0.15) is 25.1 Å². The summed E-state index contributed by atoms with van der Waals surface area (Å²) >= 11 is 8.12. The number of hydrogen-bond donors (Lipinski definition) is 0. The minimum atomic E-state index is -1.06. The molecule has 2 aromatic carbocycles. The molecule has 4 aromatic rings. The van der Waals surface area contributed by atoms with Crippen molar-refractivity contribution in [1.29, 1.82) is 0 Å². The lowest BCUT2D eigenvalue weighted by molar-refractivity contribution is -0.166. The quantitative estimate of drug-likeness (QED) is 0.324. The number of carbonyl (C=O) groups excluding carboxylic acids is 1. The summed E-state index contributed by atoms with van der Waals surface area (Å²) in [4.78, 5) is 13.1. The number of hydrogen-bond acceptors (Lipinski definition) is 5. The zero-order valence-electron chi connectivity index (χ0n) is 17.6. The summed E-state index contributed by atoms with van der Waals surface area (Å²) in [7, 11) is 1.35. The van der Waals surface area contributed by atoms with Crippen LogP contribution in [-0.2, 0) is 27.4 Å². The summed E-state index contributed by atoms with van der Waals surface area (Å²) in [5.41, 5.74) is 1.64. The summed E-state index contributed by atoms with van der Waals surface area (Å²) in [6, 6.07) is 20.2. The van der Waals surface area contributed by atoms with E-state index in [0.29, 0.717) is 11.6 Å². The average molecular weight is 455 g/mol. The lowest BCUT2D eigenvalue weighted by Gasteiger charge is -2.21. The standard InChI is InChI=1S/C24H23ClN2O3S/c1-24(2,23(28)29-3)30-15-18-13-20(22-12-16-8-5-7-11-21(16)31-22)27(26-18)14-17-9-4-6-10-19(17)25/h4-13H,14-15H2,1-3H3. The molecule has 2 aromatic heterocycles. The van der Waals surface area contributed by atoms with E-state index in [0.717, 1.165) is 21.8 Å². The highest BCUT2D eigenvalue weighted by molar-refractivity contribution is 7.22. The van der Waals surface area contributed by atoms with Crippen LogP contribution in [0.15, 0.2) is 60.7 Å². The summed E-state index contributed by atoms with van der Waals surface area (Å²) in [5, 5.41) is 6.66. The molecule has 0 aliphatic heterocycles. The van der Waals surface area contributed by atoms with E-state index in [1.54, 1.807) is 25.2 Å². The van der Waals surface area contributed by atoms with Crippen molar-refractivity contribution in [2.75, 3.05) is 7.11 Å². The van der Waals surface area contributed by atoms with Gasteiger partial charge in [0.1, 0.15) is 0 Å². The van der Waals surface area contributed by atoms with Crippen molar-refractivity contribution < 1.29 is 14.3 Å². The molecule has 2 heterocycles. The highest BCUT2D eigenvalue weighted by Gasteiger charge is 2.30. The van der Waals surface area contributed by atoms with E-state index >= 15 is 0 Å². The summed E-state index contributed by atoms with van der Waals surface area (Å²) < 4.78 is 13.8. The Morgan fingerprint density at radius 2 is 1.87 bits per heavy atom. The Morgan fingerprint density at radius 3 is 2.61 bits per heavy atom. The fraction of sp³-hybridized carbons (Fsp3) is 0.250. The Kier molecular flexibility index (Phi) is 6.14. The normalized spacial score (nSPS) is 11.7. The molecule has 7 heteroatoms. The third-order valence-corrected chi connectivity index (χ3v) is 6.55. The third-order valence-electron chi connectivity index (χ3n) is 5.04. The van der Waals surface area contributed by atoms with Crippen LogP contribution >= 0.6 is 22.9 Å². The molecule has 0 aliphatic carbocycles. The van der Waals surface area contributed by atoms with Crippen LogP contribution in [0.2, 0.25) is 5.02 Å². The van der Waals surface area contributed by atoms with E-state index < -0.39 is 11.6 Å². The second-order valence-corrected chi connectivity index (χ2v) is 9.20. The van der Waals surface area contributed by atoms with Gasteiger partial charge in [-0.15, -0.1) is 11.3 Å². The van der Waals surface area contributed by atoms with E-state index in [9.17, 15) is 4.79 Å². The van der Waals surface area contributed by atoms with E-state index in [1.165, 1.54) is 17.2 Å². The molecule has 31 heavy (non-hydrogen) atoms. The lowest BCUT2D eigenvalue weighted by Crippen LogP contribution is -2.35. The molecule has 5 nitrogen and oxygen atoms in total. The molecule has 0 saturated carbocycles. The van der Waals surface area contributed by atoms with Gasteiger partial charge in [-0.3, -0.25) is 4.68 Å². The van der Waals surface area contributed by atoms with Gasteiger partial charge in [0.2, 0.25) is 0 Å². The van der Waals surface area contributed by atoms with Crippen molar-refractivity contribution >= 4 is 39.0 Å². The zero-order valence-corrected chi connectivity index (χ0v) is 19.2. The van der Waals surface area contributed by atoms with Crippen molar-refractivity contribution in [1.82, 2.24) is 9.78 Å².